The number of carbonyl (C=O) groups excluding carboxylic acids is 1. The molecule has 0 saturated carbocycles. The first-order valence-corrected chi connectivity index (χ1v) is 5.05. The van der Waals surface area contributed by atoms with E-state index in [4.69, 9.17) is 4.74 Å². The molecule has 1 aromatic rings. The van der Waals surface area contributed by atoms with E-state index < -0.39 is 0 Å². The smallest absolute Gasteiger partial charge is 0.274 e. The van der Waals surface area contributed by atoms with Crippen molar-refractivity contribution in [2.24, 2.45) is 12.5 Å². The molecule has 1 amide bonds. The second-order valence-electron chi connectivity index (χ2n) is 4.53. The third-order valence-corrected chi connectivity index (χ3v) is 3.09. The average Bonchev–Trinajstić information content (AvgIpc) is 2.46. The summed E-state index contributed by atoms with van der Waals surface area (Å²) in [5.41, 5.74) is 0.817. The van der Waals surface area contributed by atoms with Gasteiger partial charge >= 0.3 is 0 Å². The van der Waals surface area contributed by atoms with Crippen molar-refractivity contribution in [3.05, 3.63) is 18.0 Å². The van der Waals surface area contributed by atoms with Crippen LogP contribution in [-0.4, -0.2) is 46.9 Å². The summed E-state index contributed by atoms with van der Waals surface area (Å²) in [6.07, 6.45) is 1.79. The second-order valence-corrected chi connectivity index (χ2v) is 4.53. The predicted molar refractivity (Wildman–Crippen MR) is 52.4 cm³/mol. The van der Waals surface area contributed by atoms with Gasteiger partial charge < -0.3 is 9.64 Å². The fourth-order valence-corrected chi connectivity index (χ4v) is 2.17. The van der Waals surface area contributed by atoms with E-state index in [2.05, 4.69) is 5.10 Å². The van der Waals surface area contributed by atoms with Gasteiger partial charge in [-0.25, -0.2) is 0 Å². The van der Waals surface area contributed by atoms with E-state index in [0.29, 0.717) is 5.69 Å². The molecular weight excluding hydrogens is 194 g/mol. The van der Waals surface area contributed by atoms with Crippen molar-refractivity contribution in [1.29, 1.82) is 0 Å². The van der Waals surface area contributed by atoms with Crippen molar-refractivity contribution < 1.29 is 9.53 Å². The summed E-state index contributed by atoms with van der Waals surface area (Å²) in [4.78, 5) is 13.7. The highest BCUT2D eigenvalue weighted by molar-refractivity contribution is 5.92. The largest absolute Gasteiger partial charge is 0.380 e. The van der Waals surface area contributed by atoms with Gasteiger partial charge in [0.25, 0.3) is 5.91 Å². The summed E-state index contributed by atoms with van der Waals surface area (Å²) in [5, 5.41) is 4.10. The van der Waals surface area contributed by atoms with E-state index >= 15 is 0 Å². The summed E-state index contributed by atoms with van der Waals surface area (Å²) >= 11 is 0. The number of aryl methyl sites for hydroxylation is 1. The van der Waals surface area contributed by atoms with Gasteiger partial charge in [0.15, 0.2) is 0 Å². The SMILES string of the molecule is Cn1ccc(C(=O)N2CC3(COC3)C2)n1. The fraction of sp³-hybridized carbons (Fsp3) is 0.600. The minimum Gasteiger partial charge on any atom is -0.380 e. The van der Waals surface area contributed by atoms with Crippen molar-refractivity contribution in [2.45, 2.75) is 0 Å². The molecule has 2 aliphatic heterocycles. The Morgan fingerprint density at radius 1 is 1.53 bits per heavy atom. The molecule has 2 saturated heterocycles. The van der Waals surface area contributed by atoms with Crippen LogP contribution in [0.2, 0.25) is 0 Å². The monoisotopic (exact) mass is 207 g/mol. The van der Waals surface area contributed by atoms with Crippen LogP contribution < -0.4 is 0 Å². The zero-order valence-electron chi connectivity index (χ0n) is 8.64. The third kappa shape index (κ3) is 1.26. The topological polar surface area (TPSA) is 47.4 Å². The Morgan fingerprint density at radius 2 is 2.27 bits per heavy atom. The number of hydrogen-bond acceptors (Lipinski definition) is 3. The Bertz CT molecular complexity index is 401. The number of ether oxygens (including phenoxy) is 1. The van der Waals surface area contributed by atoms with E-state index in [1.54, 1.807) is 16.9 Å². The molecule has 1 spiro atoms. The van der Waals surface area contributed by atoms with Crippen molar-refractivity contribution >= 4 is 5.91 Å². The van der Waals surface area contributed by atoms with Crippen LogP contribution in [-0.2, 0) is 11.8 Å². The predicted octanol–water partition coefficient (Wildman–Crippen LogP) is -0.108. The maximum atomic E-state index is 11.9. The Kier molecular flexibility index (Phi) is 1.68. The minimum atomic E-state index is 0.0353. The van der Waals surface area contributed by atoms with Gasteiger partial charge in [-0.15, -0.1) is 0 Å². The van der Waals surface area contributed by atoms with E-state index in [1.165, 1.54) is 0 Å². The molecule has 5 heteroatoms. The highest BCUT2D eigenvalue weighted by Crippen LogP contribution is 2.37. The number of aromatic nitrogens is 2. The van der Waals surface area contributed by atoms with Gasteiger partial charge in [-0.2, -0.15) is 5.10 Å². The van der Waals surface area contributed by atoms with Gasteiger partial charge in [0.1, 0.15) is 5.69 Å². The van der Waals surface area contributed by atoms with Gasteiger partial charge in [0.2, 0.25) is 0 Å². The van der Waals surface area contributed by atoms with Crippen molar-refractivity contribution in [2.75, 3.05) is 26.3 Å². The highest BCUT2D eigenvalue weighted by Gasteiger charge is 2.50. The Labute approximate surface area is 87.6 Å². The molecule has 0 bridgehead atoms. The molecule has 5 nitrogen and oxygen atoms in total. The lowest BCUT2D eigenvalue weighted by molar-refractivity contribution is -0.176. The van der Waals surface area contributed by atoms with Gasteiger partial charge in [-0.3, -0.25) is 9.48 Å². The number of rotatable bonds is 1. The van der Waals surface area contributed by atoms with Crippen molar-refractivity contribution in [3.63, 3.8) is 0 Å². The van der Waals surface area contributed by atoms with E-state index in [1.807, 2.05) is 11.9 Å². The molecule has 80 valence electrons. The van der Waals surface area contributed by atoms with Crippen LogP contribution in [0, 0.1) is 5.41 Å². The van der Waals surface area contributed by atoms with Gasteiger partial charge in [-0.1, -0.05) is 0 Å². The summed E-state index contributed by atoms with van der Waals surface area (Å²) in [7, 11) is 1.81. The van der Waals surface area contributed by atoms with Crippen LogP contribution in [0.1, 0.15) is 10.5 Å². The van der Waals surface area contributed by atoms with Crippen molar-refractivity contribution in [3.8, 4) is 0 Å². The Hall–Kier alpha value is -1.36. The third-order valence-electron chi connectivity index (χ3n) is 3.09. The maximum Gasteiger partial charge on any atom is 0.274 e. The Morgan fingerprint density at radius 3 is 2.73 bits per heavy atom. The van der Waals surface area contributed by atoms with Gasteiger partial charge in [0, 0.05) is 26.3 Å². The summed E-state index contributed by atoms with van der Waals surface area (Å²) < 4.78 is 6.81. The van der Waals surface area contributed by atoms with E-state index in [-0.39, 0.29) is 11.3 Å². The summed E-state index contributed by atoms with van der Waals surface area (Å²) in [5.74, 6) is 0.0353. The first-order valence-electron chi connectivity index (χ1n) is 5.05. The lowest BCUT2D eigenvalue weighted by atomic mass is 9.78. The van der Waals surface area contributed by atoms with Gasteiger partial charge in [0.05, 0.1) is 18.6 Å². The normalized spacial score (nSPS) is 22.3. The van der Waals surface area contributed by atoms with E-state index in [9.17, 15) is 4.79 Å². The first kappa shape index (κ1) is 8.91. The van der Waals surface area contributed by atoms with Crippen molar-refractivity contribution in [1.82, 2.24) is 14.7 Å². The molecule has 0 unspecified atom stereocenters. The first-order chi connectivity index (χ1) is 7.19. The number of hydrogen-bond donors (Lipinski definition) is 0. The molecule has 0 radical (unpaired) electrons. The van der Waals surface area contributed by atoms with Crippen LogP contribution >= 0.6 is 0 Å². The van der Waals surface area contributed by atoms with Gasteiger partial charge in [-0.05, 0) is 6.07 Å². The van der Waals surface area contributed by atoms with Crippen LogP contribution in [0.15, 0.2) is 12.3 Å². The Balaban J connectivity index is 1.67. The molecule has 15 heavy (non-hydrogen) atoms. The number of likely N-dealkylation sites (tertiary alicyclic amines) is 1. The highest BCUT2D eigenvalue weighted by atomic mass is 16.5. The molecule has 0 aliphatic carbocycles. The summed E-state index contributed by atoms with van der Waals surface area (Å²) in [6, 6.07) is 1.75. The standard InChI is InChI=1S/C10H13N3O2/c1-12-3-2-8(11-12)9(14)13-4-10(5-13)6-15-7-10/h2-3H,4-7H2,1H3. The zero-order valence-corrected chi connectivity index (χ0v) is 8.64. The number of nitrogens with zero attached hydrogens (tertiary/aromatic N) is 3. The molecule has 0 N–H and O–H groups in total. The zero-order chi connectivity index (χ0) is 10.5. The molecule has 0 atom stereocenters. The average molecular weight is 207 g/mol. The maximum absolute atomic E-state index is 11.9. The lowest BCUT2D eigenvalue weighted by Crippen LogP contribution is -2.67. The minimum absolute atomic E-state index is 0.0353. The van der Waals surface area contributed by atoms with Crippen LogP contribution in [0.3, 0.4) is 0 Å². The molecule has 2 fully saturated rings. The lowest BCUT2D eigenvalue weighted by Gasteiger charge is -2.54. The fourth-order valence-electron chi connectivity index (χ4n) is 2.17. The quantitative estimate of drug-likeness (QED) is 0.645. The second kappa shape index (κ2) is 2.82. The molecule has 1 aromatic heterocycles. The molecule has 3 rings (SSSR count). The molecular formula is C10H13N3O2. The molecule has 0 aromatic carbocycles. The number of amides is 1. The van der Waals surface area contributed by atoms with Crippen LogP contribution in [0.4, 0.5) is 0 Å². The van der Waals surface area contributed by atoms with Crippen LogP contribution in [0.5, 0.6) is 0 Å². The molecule has 3 heterocycles. The summed E-state index contributed by atoms with van der Waals surface area (Å²) in [6.45, 7) is 3.25. The number of carbonyl (C=O) groups is 1. The molecule has 2 aliphatic rings. The van der Waals surface area contributed by atoms with E-state index in [0.717, 1.165) is 26.3 Å². The van der Waals surface area contributed by atoms with Crippen LogP contribution in [0.25, 0.3) is 0 Å².